The molecule has 0 amide bonds. The van der Waals surface area contributed by atoms with Gasteiger partial charge in [0.2, 0.25) is 0 Å². The lowest BCUT2D eigenvalue weighted by Crippen LogP contribution is -2.12. The van der Waals surface area contributed by atoms with Gasteiger partial charge in [0.1, 0.15) is 11.5 Å². The van der Waals surface area contributed by atoms with Gasteiger partial charge >= 0.3 is 6.18 Å². The van der Waals surface area contributed by atoms with Crippen molar-refractivity contribution in [2.24, 2.45) is 0 Å². The van der Waals surface area contributed by atoms with Crippen LogP contribution in [0.25, 0.3) is 11.3 Å². The summed E-state index contributed by atoms with van der Waals surface area (Å²) in [7, 11) is 0. The smallest absolute Gasteiger partial charge is 0.419 e. The van der Waals surface area contributed by atoms with Crippen molar-refractivity contribution < 1.29 is 22.0 Å². The standard InChI is InChI=1S/C13H12F4N2O/c1-2-18-6-11-12(20-7-19-11)8-3-4-10(14)9(5-8)13(15,16)17/h3-5,7,18H,2,6H2,1H3. The van der Waals surface area contributed by atoms with E-state index in [4.69, 9.17) is 4.42 Å². The molecule has 1 heterocycles. The molecule has 7 heteroatoms. The lowest BCUT2D eigenvalue weighted by atomic mass is 10.1. The summed E-state index contributed by atoms with van der Waals surface area (Å²) >= 11 is 0. The molecular formula is C13H12F4N2O. The van der Waals surface area contributed by atoms with Gasteiger partial charge in [0.25, 0.3) is 0 Å². The number of nitrogens with zero attached hydrogens (tertiary/aromatic N) is 1. The van der Waals surface area contributed by atoms with Crippen LogP contribution in [0, 0.1) is 5.82 Å². The van der Waals surface area contributed by atoms with E-state index >= 15 is 0 Å². The predicted octanol–water partition coefficient (Wildman–Crippen LogP) is 3.61. The van der Waals surface area contributed by atoms with Crippen LogP contribution in [0.15, 0.2) is 29.0 Å². The zero-order chi connectivity index (χ0) is 14.8. The van der Waals surface area contributed by atoms with E-state index in [1.165, 1.54) is 6.07 Å². The monoisotopic (exact) mass is 288 g/mol. The van der Waals surface area contributed by atoms with Crippen LogP contribution in [0.1, 0.15) is 18.2 Å². The van der Waals surface area contributed by atoms with Crippen LogP contribution in [0.3, 0.4) is 0 Å². The van der Waals surface area contributed by atoms with Crippen molar-refractivity contribution in [3.8, 4) is 11.3 Å². The first kappa shape index (κ1) is 14.5. The van der Waals surface area contributed by atoms with E-state index in [2.05, 4.69) is 10.3 Å². The van der Waals surface area contributed by atoms with Crippen LogP contribution in [-0.4, -0.2) is 11.5 Å². The fraction of sp³-hybridized carbons (Fsp3) is 0.308. The second-order valence-electron chi connectivity index (χ2n) is 4.10. The van der Waals surface area contributed by atoms with Crippen LogP contribution < -0.4 is 5.32 Å². The van der Waals surface area contributed by atoms with Crippen molar-refractivity contribution in [3.05, 3.63) is 41.7 Å². The molecule has 2 aromatic rings. The summed E-state index contributed by atoms with van der Waals surface area (Å²) < 4.78 is 56.4. The van der Waals surface area contributed by atoms with Gasteiger partial charge in [-0.05, 0) is 24.7 Å². The van der Waals surface area contributed by atoms with Gasteiger partial charge in [0.15, 0.2) is 12.2 Å². The van der Waals surface area contributed by atoms with E-state index < -0.39 is 17.6 Å². The zero-order valence-electron chi connectivity index (χ0n) is 10.6. The fourth-order valence-electron chi connectivity index (χ4n) is 1.76. The molecule has 0 aliphatic rings. The minimum Gasteiger partial charge on any atom is -0.443 e. The summed E-state index contributed by atoms with van der Waals surface area (Å²) in [6.07, 6.45) is -3.60. The Morgan fingerprint density at radius 3 is 2.70 bits per heavy atom. The minimum atomic E-state index is -4.75. The number of hydrogen-bond donors (Lipinski definition) is 1. The fourth-order valence-corrected chi connectivity index (χ4v) is 1.76. The number of nitrogens with one attached hydrogen (secondary N) is 1. The van der Waals surface area contributed by atoms with Gasteiger partial charge in [-0.2, -0.15) is 13.2 Å². The second-order valence-corrected chi connectivity index (χ2v) is 4.10. The van der Waals surface area contributed by atoms with Crippen molar-refractivity contribution in [2.45, 2.75) is 19.6 Å². The van der Waals surface area contributed by atoms with E-state index in [0.29, 0.717) is 18.8 Å². The molecule has 20 heavy (non-hydrogen) atoms. The van der Waals surface area contributed by atoms with Crippen molar-refractivity contribution in [2.75, 3.05) is 6.54 Å². The molecule has 0 saturated carbocycles. The Morgan fingerprint density at radius 1 is 1.30 bits per heavy atom. The molecule has 0 aliphatic heterocycles. The van der Waals surface area contributed by atoms with Crippen LogP contribution >= 0.6 is 0 Å². The summed E-state index contributed by atoms with van der Waals surface area (Å²) in [4.78, 5) is 3.94. The largest absolute Gasteiger partial charge is 0.443 e. The molecule has 0 saturated heterocycles. The number of oxazole rings is 1. The van der Waals surface area contributed by atoms with Crippen LogP contribution in [-0.2, 0) is 12.7 Å². The highest BCUT2D eigenvalue weighted by Gasteiger charge is 2.34. The van der Waals surface area contributed by atoms with Gasteiger partial charge in [0, 0.05) is 12.1 Å². The molecule has 0 atom stereocenters. The predicted molar refractivity (Wildman–Crippen MR) is 64.3 cm³/mol. The van der Waals surface area contributed by atoms with Crippen LogP contribution in [0.4, 0.5) is 17.6 Å². The molecule has 0 fully saturated rings. The third-order valence-electron chi connectivity index (χ3n) is 2.72. The molecule has 0 aliphatic carbocycles. The maximum atomic E-state index is 13.2. The van der Waals surface area contributed by atoms with Gasteiger partial charge < -0.3 is 9.73 Å². The average molecular weight is 288 g/mol. The van der Waals surface area contributed by atoms with Crippen molar-refractivity contribution in [3.63, 3.8) is 0 Å². The lowest BCUT2D eigenvalue weighted by molar-refractivity contribution is -0.139. The lowest BCUT2D eigenvalue weighted by Gasteiger charge is -2.09. The van der Waals surface area contributed by atoms with Crippen molar-refractivity contribution in [1.29, 1.82) is 0 Å². The number of rotatable bonds is 4. The number of hydrogen-bond acceptors (Lipinski definition) is 3. The molecule has 108 valence electrons. The van der Waals surface area contributed by atoms with Gasteiger partial charge in [-0.25, -0.2) is 9.37 Å². The van der Waals surface area contributed by atoms with Gasteiger partial charge in [-0.3, -0.25) is 0 Å². The van der Waals surface area contributed by atoms with Gasteiger partial charge in [-0.15, -0.1) is 0 Å². The van der Waals surface area contributed by atoms with Crippen LogP contribution in [0.2, 0.25) is 0 Å². The summed E-state index contributed by atoms with van der Waals surface area (Å²) in [5.74, 6) is -1.11. The Kier molecular flexibility index (Phi) is 4.08. The molecule has 0 radical (unpaired) electrons. The Bertz CT molecular complexity index is 592. The normalized spacial score (nSPS) is 11.8. The first-order valence-corrected chi connectivity index (χ1v) is 5.93. The highest BCUT2D eigenvalue weighted by atomic mass is 19.4. The number of alkyl halides is 3. The first-order valence-electron chi connectivity index (χ1n) is 5.93. The van der Waals surface area contributed by atoms with Crippen LogP contribution in [0.5, 0.6) is 0 Å². The molecule has 0 bridgehead atoms. The number of halogens is 4. The number of benzene rings is 1. The summed E-state index contributed by atoms with van der Waals surface area (Å²) in [6.45, 7) is 2.93. The highest BCUT2D eigenvalue weighted by Crippen LogP contribution is 2.34. The molecule has 1 aromatic carbocycles. The first-order chi connectivity index (χ1) is 9.43. The number of aromatic nitrogens is 1. The molecule has 0 spiro atoms. The average Bonchev–Trinajstić information content (AvgIpc) is 2.84. The molecular weight excluding hydrogens is 276 g/mol. The van der Waals surface area contributed by atoms with Gasteiger partial charge in [-0.1, -0.05) is 6.92 Å². The summed E-state index contributed by atoms with van der Waals surface area (Å²) in [6, 6.07) is 2.74. The molecule has 2 rings (SSSR count). The topological polar surface area (TPSA) is 38.1 Å². The Balaban J connectivity index is 2.41. The zero-order valence-corrected chi connectivity index (χ0v) is 10.6. The van der Waals surface area contributed by atoms with Crippen molar-refractivity contribution in [1.82, 2.24) is 10.3 Å². The SMILES string of the molecule is CCNCc1ncoc1-c1ccc(F)c(C(F)(F)F)c1. The molecule has 1 aromatic heterocycles. The maximum absolute atomic E-state index is 13.2. The maximum Gasteiger partial charge on any atom is 0.419 e. The van der Waals surface area contributed by atoms with Crippen molar-refractivity contribution >= 4 is 0 Å². The summed E-state index contributed by atoms with van der Waals surface area (Å²) in [5.41, 5.74) is -0.698. The Hall–Kier alpha value is -1.89. The minimum absolute atomic E-state index is 0.143. The Labute approximate surface area is 112 Å². The molecule has 1 N–H and O–H groups in total. The molecule has 3 nitrogen and oxygen atoms in total. The molecule has 0 unspecified atom stereocenters. The van der Waals surface area contributed by atoms with E-state index in [1.807, 2.05) is 6.92 Å². The quantitative estimate of drug-likeness (QED) is 0.873. The Morgan fingerprint density at radius 2 is 2.05 bits per heavy atom. The highest BCUT2D eigenvalue weighted by molar-refractivity contribution is 5.61. The summed E-state index contributed by atoms with van der Waals surface area (Å²) in [5, 5.41) is 3.00. The third kappa shape index (κ3) is 2.98. The third-order valence-corrected chi connectivity index (χ3v) is 2.72. The van der Waals surface area contributed by atoms with E-state index in [0.717, 1.165) is 18.5 Å². The van der Waals surface area contributed by atoms with E-state index in [9.17, 15) is 17.6 Å². The van der Waals surface area contributed by atoms with E-state index in [-0.39, 0.29) is 11.3 Å². The second kappa shape index (κ2) is 5.62. The van der Waals surface area contributed by atoms with E-state index in [1.54, 1.807) is 0 Å². The van der Waals surface area contributed by atoms with Gasteiger partial charge in [0.05, 0.1) is 5.56 Å².